The predicted octanol–water partition coefficient (Wildman–Crippen LogP) is 3.70. The number of aromatic nitrogens is 1. The van der Waals surface area contributed by atoms with Crippen molar-refractivity contribution in [2.75, 3.05) is 24.5 Å². The molecule has 0 bridgehead atoms. The summed E-state index contributed by atoms with van der Waals surface area (Å²) in [5, 5.41) is 3.53. The molecular formula is C17H31N3. The van der Waals surface area contributed by atoms with Crippen molar-refractivity contribution in [3.8, 4) is 0 Å². The van der Waals surface area contributed by atoms with E-state index in [0.717, 1.165) is 26.2 Å². The van der Waals surface area contributed by atoms with Gasteiger partial charge in [0, 0.05) is 25.8 Å². The van der Waals surface area contributed by atoms with Crippen LogP contribution in [0.2, 0.25) is 0 Å². The Morgan fingerprint density at radius 2 is 2.00 bits per heavy atom. The molecule has 0 aliphatic carbocycles. The monoisotopic (exact) mass is 277 g/mol. The molecule has 1 rings (SSSR count). The molecule has 0 aliphatic rings. The molecule has 1 heterocycles. The van der Waals surface area contributed by atoms with Crippen molar-refractivity contribution in [2.45, 2.75) is 47.6 Å². The van der Waals surface area contributed by atoms with Crippen LogP contribution in [0.15, 0.2) is 18.5 Å². The Morgan fingerprint density at radius 1 is 1.25 bits per heavy atom. The van der Waals surface area contributed by atoms with Crippen LogP contribution < -0.4 is 10.2 Å². The van der Waals surface area contributed by atoms with E-state index in [1.807, 2.05) is 12.4 Å². The quantitative estimate of drug-likeness (QED) is 0.746. The molecule has 3 nitrogen and oxygen atoms in total. The summed E-state index contributed by atoms with van der Waals surface area (Å²) in [6, 6.07) is 2.14. The fourth-order valence-corrected chi connectivity index (χ4v) is 2.25. The van der Waals surface area contributed by atoms with Crippen LogP contribution >= 0.6 is 0 Å². The van der Waals surface area contributed by atoms with Gasteiger partial charge in [0.05, 0.1) is 11.9 Å². The zero-order valence-electron chi connectivity index (χ0n) is 13.8. The molecule has 20 heavy (non-hydrogen) atoms. The predicted molar refractivity (Wildman–Crippen MR) is 88.1 cm³/mol. The zero-order valence-corrected chi connectivity index (χ0v) is 13.8. The van der Waals surface area contributed by atoms with Crippen molar-refractivity contribution in [3.63, 3.8) is 0 Å². The lowest BCUT2D eigenvalue weighted by molar-refractivity contribution is 0.539. The van der Waals surface area contributed by atoms with Gasteiger partial charge in [-0.15, -0.1) is 0 Å². The van der Waals surface area contributed by atoms with Gasteiger partial charge in [0.1, 0.15) is 0 Å². The SMILES string of the molecule is CCC(C)CN(CC)c1cnccc1CNCC(C)C. The maximum absolute atomic E-state index is 4.32. The second kappa shape index (κ2) is 8.96. The number of rotatable bonds is 9. The Kier molecular flexibility index (Phi) is 7.60. The molecule has 0 saturated carbocycles. The molecule has 0 spiro atoms. The summed E-state index contributed by atoms with van der Waals surface area (Å²) in [4.78, 5) is 6.77. The molecule has 0 aliphatic heterocycles. The first-order chi connectivity index (χ1) is 9.58. The average Bonchev–Trinajstić information content (AvgIpc) is 2.44. The molecule has 114 valence electrons. The van der Waals surface area contributed by atoms with Gasteiger partial charge >= 0.3 is 0 Å². The largest absolute Gasteiger partial charge is 0.370 e. The van der Waals surface area contributed by atoms with Crippen LogP contribution in [0.3, 0.4) is 0 Å². The molecule has 1 aromatic heterocycles. The van der Waals surface area contributed by atoms with Crippen LogP contribution in [0.5, 0.6) is 0 Å². The molecule has 0 aromatic carbocycles. The summed E-state index contributed by atoms with van der Waals surface area (Å²) in [6.45, 7) is 15.4. The summed E-state index contributed by atoms with van der Waals surface area (Å²) in [7, 11) is 0. The fourth-order valence-electron chi connectivity index (χ4n) is 2.25. The third kappa shape index (κ3) is 5.49. The number of pyridine rings is 1. The van der Waals surface area contributed by atoms with Crippen molar-refractivity contribution in [1.82, 2.24) is 10.3 Å². The highest BCUT2D eigenvalue weighted by Gasteiger charge is 2.12. The van der Waals surface area contributed by atoms with Crippen LogP contribution in [0.4, 0.5) is 5.69 Å². The van der Waals surface area contributed by atoms with Gasteiger partial charge in [0.15, 0.2) is 0 Å². The van der Waals surface area contributed by atoms with Crippen molar-refractivity contribution in [1.29, 1.82) is 0 Å². The Labute approximate surface area is 124 Å². The first-order valence-corrected chi connectivity index (χ1v) is 7.96. The highest BCUT2D eigenvalue weighted by atomic mass is 15.1. The van der Waals surface area contributed by atoms with Gasteiger partial charge in [-0.05, 0) is 36.9 Å². The third-order valence-electron chi connectivity index (χ3n) is 3.71. The number of hydrogen-bond acceptors (Lipinski definition) is 3. The van der Waals surface area contributed by atoms with Crippen LogP contribution in [0, 0.1) is 11.8 Å². The van der Waals surface area contributed by atoms with Crippen LogP contribution in [-0.4, -0.2) is 24.6 Å². The number of hydrogen-bond donors (Lipinski definition) is 1. The molecule has 0 fully saturated rings. The maximum Gasteiger partial charge on any atom is 0.0598 e. The molecule has 0 radical (unpaired) electrons. The molecule has 1 N–H and O–H groups in total. The lowest BCUT2D eigenvalue weighted by Crippen LogP contribution is -2.30. The van der Waals surface area contributed by atoms with E-state index < -0.39 is 0 Å². The first-order valence-electron chi connectivity index (χ1n) is 7.96. The lowest BCUT2D eigenvalue weighted by Gasteiger charge is -2.28. The fraction of sp³-hybridized carbons (Fsp3) is 0.706. The van der Waals surface area contributed by atoms with Crippen LogP contribution in [-0.2, 0) is 6.54 Å². The van der Waals surface area contributed by atoms with Gasteiger partial charge in [0.2, 0.25) is 0 Å². The number of nitrogens with one attached hydrogen (secondary N) is 1. The van der Waals surface area contributed by atoms with Gasteiger partial charge in [0.25, 0.3) is 0 Å². The van der Waals surface area contributed by atoms with Gasteiger partial charge in [-0.3, -0.25) is 4.98 Å². The smallest absolute Gasteiger partial charge is 0.0598 e. The molecule has 0 saturated heterocycles. The highest BCUT2D eigenvalue weighted by Crippen LogP contribution is 2.20. The van der Waals surface area contributed by atoms with Crippen molar-refractivity contribution < 1.29 is 0 Å². The molecule has 1 unspecified atom stereocenters. The minimum atomic E-state index is 0.683. The van der Waals surface area contributed by atoms with Gasteiger partial charge in [-0.1, -0.05) is 34.1 Å². The van der Waals surface area contributed by atoms with E-state index >= 15 is 0 Å². The van der Waals surface area contributed by atoms with E-state index in [-0.39, 0.29) is 0 Å². The Balaban J connectivity index is 2.76. The summed E-state index contributed by atoms with van der Waals surface area (Å²) in [5.41, 5.74) is 2.64. The van der Waals surface area contributed by atoms with E-state index in [4.69, 9.17) is 0 Å². The minimum absolute atomic E-state index is 0.683. The second-order valence-corrected chi connectivity index (χ2v) is 6.08. The average molecular weight is 277 g/mol. The summed E-state index contributed by atoms with van der Waals surface area (Å²) in [6.07, 6.45) is 5.13. The first kappa shape index (κ1) is 17.0. The Morgan fingerprint density at radius 3 is 2.60 bits per heavy atom. The van der Waals surface area contributed by atoms with Gasteiger partial charge in [-0.2, -0.15) is 0 Å². The van der Waals surface area contributed by atoms with Gasteiger partial charge < -0.3 is 10.2 Å². The van der Waals surface area contributed by atoms with Crippen molar-refractivity contribution >= 4 is 5.69 Å². The molecule has 0 amide bonds. The van der Waals surface area contributed by atoms with E-state index in [1.54, 1.807) is 0 Å². The van der Waals surface area contributed by atoms with Crippen LogP contribution in [0.1, 0.15) is 46.6 Å². The lowest BCUT2D eigenvalue weighted by atomic mass is 10.1. The van der Waals surface area contributed by atoms with Gasteiger partial charge in [-0.25, -0.2) is 0 Å². The number of anilines is 1. The third-order valence-corrected chi connectivity index (χ3v) is 3.71. The molecule has 3 heteroatoms. The molecular weight excluding hydrogens is 246 g/mol. The Bertz CT molecular complexity index is 376. The molecule has 1 aromatic rings. The van der Waals surface area contributed by atoms with Crippen molar-refractivity contribution in [2.24, 2.45) is 11.8 Å². The summed E-state index contributed by atoms with van der Waals surface area (Å²) < 4.78 is 0. The summed E-state index contributed by atoms with van der Waals surface area (Å²) >= 11 is 0. The maximum atomic E-state index is 4.32. The standard InChI is InChI=1S/C17H31N3/c1-6-15(5)13-20(7-2)17-12-18-9-8-16(17)11-19-10-14(3)4/h8-9,12,14-15,19H,6-7,10-11,13H2,1-5H3. The van der Waals surface area contributed by atoms with E-state index in [2.05, 4.69) is 55.9 Å². The zero-order chi connectivity index (χ0) is 15.0. The Hall–Kier alpha value is -1.09. The normalized spacial score (nSPS) is 12.7. The van der Waals surface area contributed by atoms with E-state index in [0.29, 0.717) is 11.8 Å². The molecule has 1 atom stereocenters. The number of nitrogens with zero attached hydrogens (tertiary/aromatic N) is 2. The van der Waals surface area contributed by atoms with E-state index in [1.165, 1.54) is 17.7 Å². The van der Waals surface area contributed by atoms with Crippen LogP contribution in [0.25, 0.3) is 0 Å². The van der Waals surface area contributed by atoms with E-state index in [9.17, 15) is 0 Å². The van der Waals surface area contributed by atoms with Crippen molar-refractivity contribution in [3.05, 3.63) is 24.0 Å². The summed E-state index contributed by atoms with van der Waals surface area (Å²) in [5.74, 6) is 1.40. The highest BCUT2D eigenvalue weighted by molar-refractivity contribution is 5.51. The minimum Gasteiger partial charge on any atom is -0.370 e. The topological polar surface area (TPSA) is 28.2 Å². The second-order valence-electron chi connectivity index (χ2n) is 6.08.